The van der Waals surface area contributed by atoms with E-state index in [4.69, 9.17) is 0 Å². The Hall–Kier alpha value is -2.04. The molecule has 1 aromatic rings. The van der Waals surface area contributed by atoms with E-state index in [0.717, 1.165) is 56.0 Å². The summed E-state index contributed by atoms with van der Waals surface area (Å²) in [6.07, 6.45) is 6.93. The van der Waals surface area contributed by atoms with Crippen molar-refractivity contribution in [2.75, 3.05) is 36.4 Å². The molecule has 0 atom stereocenters. The van der Waals surface area contributed by atoms with E-state index in [1.807, 2.05) is 18.2 Å². The lowest BCUT2D eigenvalue weighted by Crippen LogP contribution is -2.51. The lowest BCUT2D eigenvalue weighted by molar-refractivity contribution is -0.117. The molecule has 0 unspecified atom stereocenters. The Bertz CT molecular complexity index is 721. The van der Waals surface area contributed by atoms with Gasteiger partial charge in [0.05, 0.1) is 11.3 Å². The third-order valence-electron chi connectivity index (χ3n) is 6.47. The first-order chi connectivity index (χ1) is 12.7. The second-order valence-electron chi connectivity index (χ2n) is 8.60. The number of nitrogens with one attached hydrogen (secondary N) is 1. The van der Waals surface area contributed by atoms with Gasteiger partial charge in [0, 0.05) is 37.8 Å². The molecule has 5 fully saturated rings. The summed E-state index contributed by atoms with van der Waals surface area (Å²) in [5.74, 6) is 1.90. The number of hydrogen-bond acceptors (Lipinski definition) is 3. The number of fused-ring (bicyclic) bond motifs is 2. The molecule has 0 radical (unpaired) electrons. The van der Waals surface area contributed by atoms with Crippen LogP contribution in [0.2, 0.25) is 0 Å². The third-order valence-corrected chi connectivity index (χ3v) is 6.47. The summed E-state index contributed by atoms with van der Waals surface area (Å²) in [5.41, 5.74) is 2.62. The average molecular weight is 353 g/mol. The van der Waals surface area contributed by atoms with Gasteiger partial charge in [0.25, 0.3) is 5.91 Å². The summed E-state index contributed by atoms with van der Waals surface area (Å²) in [4.78, 5) is 29.7. The fraction of sp³-hybridized carbons (Fsp3) is 0.619. The summed E-state index contributed by atoms with van der Waals surface area (Å²) in [6, 6.07) is 5.85. The first-order valence-corrected chi connectivity index (χ1v) is 10.2. The Kier molecular flexibility index (Phi) is 3.91. The molecule has 0 spiro atoms. The topological polar surface area (TPSA) is 52.7 Å². The second kappa shape index (κ2) is 6.29. The quantitative estimate of drug-likeness (QED) is 0.905. The number of amides is 2. The molecule has 2 bridgehead atoms. The fourth-order valence-electron chi connectivity index (χ4n) is 4.81. The average Bonchev–Trinajstić information content (AvgIpc) is 3.35. The Morgan fingerprint density at radius 1 is 1.00 bits per heavy atom. The van der Waals surface area contributed by atoms with Gasteiger partial charge in [-0.2, -0.15) is 0 Å². The number of benzene rings is 1. The Labute approximate surface area is 154 Å². The zero-order valence-corrected chi connectivity index (χ0v) is 15.2. The summed E-state index contributed by atoms with van der Waals surface area (Å²) in [5, 5.41) is 3.04. The van der Waals surface area contributed by atoms with Crippen molar-refractivity contribution in [1.29, 1.82) is 0 Å². The predicted molar refractivity (Wildman–Crippen MR) is 101 cm³/mol. The fourth-order valence-corrected chi connectivity index (χ4v) is 4.81. The van der Waals surface area contributed by atoms with Crippen LogP contribution < -0.4 is 10.2 Å². The number of nitrogens with zero attached hydrogens (tertiary/aromatic N) is 2. The zero-order valence-electron chi connectivity index (χ0n) is 15.2. The van der Waals surface area contributed by atoms with Gasteiger partial charge in [0.1, 0.15) is 0 Å². The van der Waals surface area contributed by atoms with Crippen LogP contribution in [0.25, 0.3) is 0 Å². The number of anilines is 2. The molecule has 26 heavy (non-hydrogen) atoms. The van der Waals surface area contributed by atoms with Gasteiger partial charge < -0.3 is 15.1 Å². The van der Waals surface area contributed by atoms with E-state index in [1.54, 1.807) is 0 Å². The first kappa shape index (κ1) is 16.2. The van der Waals surface area contributed by atoms with Crippen molar-refractivity contribution in [3.8, 4) is 0 Å². The second-order valence-corrected chi connectivity index (χ2v) is 8.60. The van der Waals surface area contributed by atoms with Gasteiger partial charge in [-0.25, -0.2) is 0 Å². The van der Waals surface area contributed by atoms with Crippen molar-refractivity contribution in [1.82, 2.24) is 4.90 Å². The van der Waals surface area contributed by atoms with Crippen LogP contribution >= 0.6 is 0 Å². The molecule has 5 nitrogen and oxygen atoms in total. The maximum atomic E-state index is 13.2. The van der Waals surface area contributed by atoms with Gasteiger partial charge in [-0.1, -0.05) is 0 Å². The number of carbonyl (C=O) groups excluding carboxylic acids is 2. The Morgan fingerprint density at radius 3 is 2.35 bits per heavy atom. The van der Waals surface area contributed by atoms with E-state index in [-0.39, 0.29) is 17.7 Å². The number of carbonyl (C=O) groups is 2. The highest BCUT2D eigenvalue weighted by Gasteiger charge is 2.39. The number of piperidine rings is 2. The SMILES string of the molecule is O=C(Nc1ccc(C(=O)N2CC3CC(C3)C2)c(N2CCCC2)c1)C1CC1. The smallest absolute Gasteiger partial charge is 0.255 e. The first-order valence-electron chi connectivity index (χ1n) is 10.2. The molecule has 2 saturated carbocycles. The van der Waals surface area contributed by atoms with Crippen LogP contribution in [0.4, 0.5) is 11.4 Å². The predicted octanol–water partition coefficient (Wildman–Crippen LogP) is 3.12. The van der Waals surface area contributed by atoms with Gasteiger partial charge in [-0.05, 0) is 68.6 Å². The lowest BCUT2D eigenvalue weighted by Gasteiger charge is -2.47. The van der Waals surface area contributed by atoms with Gasteiger partial charge in [0.2, 0.25) is 5.91 Å². The molecule has 3 heterocycles. The molecule has 2 amide bonds. The Morgan fingerprint density at radius 2 is 1.69 bits per heavy atom. The third kappa shape index (κ3) is 2.97. The van der Waals surface area contributed by atoms with Gasteiger partial charge in [-0.15, -0.1) is 0 Å². The van der Waals surface area contributed by atoms with Crippen LogP contribution in [0.15, 0.2) is 18.2 Å². The minimum Gasteiger partial charge on any atom is -0.371 e. The minimum absolute atomic E-state index is 0.118. The van der Waals surface area contributed by atoms with E-state index in [2.05, 4.69) is 15.1 Å². The van der Waals surface area contributed by atoms with E-state index < -0.39 is 0 Å². The van der Waals surface area contributed by atoms with E-state index in [1.165, 1.54) is 25.7 Å². The van der Waals surface area contributed by atoms with Crippen LogP contribution in [0, 0.1) is 17.8 Å². The van der Waals surface area contributed by atoms with Crippen LogP contribution in [-0.2, 0) is 4.79 Å². The lowest BCUT2D eigenvalue weighted by atomic mass is 9.71. The van der Waals surface area contributed by atoms with Crippen molar-refractivity contribution in [2.45, 2.75) is 38.5 Å². The molecular formula is C21H27N3O2. The van der Waals surface area contributed by atoms with Crippen molar-refractivity contribution < 1.29 is 9.59 Å². The van der Waals surface area contributed by atoms with Gasteiger partial charge in [0.15, 0.2) is 0 Å². The maximum Gasteiger partial charge on any atom is 0.255 e. The Balaban J connectivity index is 1.41. The number of rotatable bonds is 4. The van der Waals surface area contributed by atoms with Crippen molar-refractivity contribution >= 4 is 23.2 Å². The number of hydrogen-bond donors (Lipinski definition) is 1. The van der Waals surface area contributed by atoms with Crippen LogP contribution in [0.3, 0.4) is 0 Å². The molecule has 6 rings (SSSR count). The van der Waals surface area contributed by atoms with Crippen molar-refractivity contribution in [3.63, 3.8) is 0 Å². The highest BCUT2D eigenvalue weighted by Crippen LogP contribution is 2.40. The van der Waals surface area contributed by atoms with Crippen LogP contribution in [-0.4, -0.2) is 42.9 Å². The largest absolute Gasteiger partial charge is 0.371 e. The molecule has 3 aliphatic heterocycles. The highest BCUT2D eigenvalue weighted by molar-refractivity contribution is 6.02. The zero-order chi connectivity index (χ0) is 17.7. The summed E-state index contributed by atoms with van der Waals surface area (Å²) in [7, 11) is 0. The van der Waals surface area contributed by atoms with Crippen LogP contribution in [0.1, 0.15) is 48.9 Å². The molecule has 1 aromatic carbocycles. The van der Waals surface area contributed by atoms with E-state index in [0.29, 0.717) is 11.8 Å². The van der Waals surface area contributed by atoms with Crippen molar-refractivity contribution in [3.05, 3.63) is 23.8 Å². The molecule has 0 aromatic heterocycles. The van der Waals surface area contributed by atoms with E-state index in [9.17, 15) is 9.59 Å². The minimum atomic E-state index is 0.118. The molecule has 1 N–H and O–H groups in total. The molecular weight excluding hydrogens is 326 g/mol. The highest BCUT2D eigenvalue weighted by atomic mass is 16.2. The molecule has 138 valence electrons. The normalized spacial score (nSPS) is 27.2. The molecule has 5 heteroatoms. The molecule has 5 aliphatic rings. The molecule has 3 saturated heterocycles. The summed E-state index contributed by atoms with van der Waals surface area (Å²) >= 11 is 0. The maximum absolute atomic E-state index is 13.2. The van der Waals surface area contributed by atoms with Gasteiger partial charge in [-0.3, -0.25) is 9.59 Å². The summed E-state index contributed by atoms with van der Waals surface area (Å²) in [6.45, 7) is 3.81. The van der Waals surface area contributed by atoms with Crippen LogP contribution in [0.5, 0.6) is 0 Å². The molecule has 2 aliphatic carbocycles. The standard InChI is InChI=1S/C21H27N3O2/c25-20(16-3-4-16)22-17-5-6-18(19(11-17)23-7-1-2-8-23)21(26)24-12-14-9-15(10-14)13-24/h5-6,11,14-16H,1-4,7-10,12-13H2,(H,22,25). The van der Waals surface area contributed by atoms with E-state index >= 15 is 0 Å². The van der Waals surface area contributed by atoms with Gasteiger partial charge >= 0.3 is 0 Å². The summed E-state index contributed by atoms with van der Waals surface area (Å²) < 4.78 is 0. The monoisotopic (exact) mass is 353 g/mol. The van der Waals surface area contributed by atoms with Crippen molar-refractivity contribution in [2.24, 2.45) is 17.8 Å².